The molecule has 2 fully saturated rings. The van der Waals surface area contributed by atoms with E-state index in [1.165, 1.54) is 4.90 Å². The Hall–Kier alpha value is -1.65. The van der Waals surface area contributed by atoms with Crippen molar-refractivity contribution >= 4 is 53.4 Å². The Labute approximate surface area is 204 Å². The zero-order chi connectivity index (χ0) is 21.3. The number of guanidine groups is 1. The smallest absolute Gasteiger partial charge is 0.233 e. The fourth-order valence-corrected chi connectivity index (χ4v) is 5.10. The molecule has 7 nitrogen and oxygen atoms in total. The predicted octanol–water partition coefficient (Wildman–Crippen LogP) is 2.35. The number of halogens is 2. The number of benzene rings is 1. The highest BCUT2D eigenvalue weighted by atomic mass is 127. The van der Waals surface area contributed by atoms with Crippen molar-refractivity contribution in [2.45, 2.75) is 19.4 Å². The highest BCUT2D eigenvalue weighted by Crippen LogP contribution is 2.52. The molecule has 31 heavy (non-hydrogen) atoms. The van der Waals surface area contributed by atoms with E-state index in [1.54, 1.807) is 12.1 Å². The minimum absolute atomic E-state index is 0. The van der Waals surface area contributed by atoms with Crippen LogP contribution in [0.1, 0.15) is 25.0 Å². The fourth-order valence-electron chi connectivity index (χ4n) is 4.83. The van der Waals surface area contributed by atoms with Gasteiger partial charge in [0.1, 0.15) is 6.10 Å². The van der Waals surface area contributed by atoms with Gasteiger partial charge in [-0.1, -0.05) is 42.0 Å². The Morgan fingerprint density at radius 3 is 2.45 bits per heavy atom. The molecule has 0 radical (unpaired) electrons. The number of aliphatic hydroxyl groups excluding tert-OH is 1. The zero-order valence-electron chi connectivity index (χ0n) is 17.3. The number of imide groups is 1. The van der Waals surface area contributed by atoms with Crippen molar-refractivity contribution in [2.24, 2.45) is 28.7 Å². The van der Waals surface area contributed by atoms with Crippen molar-refractivity contribution in [3.8, 4) is 0 Å². The molecule has 1 aliphatic heterocycles. The average Bonchev–Trinajstić information content (AvgIpc) is 3.41. The van der Waals surface area contributed by atoms with Crippen LogP contribution < -0.4 is 10.6 Å². The molecule has 2 bridgehead atoms. The van der Waals surface area contributed by atoms with Crippen LogP contribution in [0, 0.1) is 23.7 Å². The third-order valence-electron chi connectivity index (χ3n) is 6.22. The summed E-state index contributed by atoms with van der Waals surface area (Å²) in [4.78, 5) is 31.3. The van der Waals surface area contributed by atoms with E-state index >= 15 is 0 Å². The molecule has 2 aliphatic carbocycles. The number of carbonyl (C=O) groups is 2. The van der Waals surface area contributed by atoms with Crippen LogP contribution in [0.5, 0.6) is 0 Å². The van der Waals surface area contributed by atoms with E-state index in [0.717, 1.165) is 6.42 Å². The zero-order valence-corrected chi connectivity index (χ0v) is 20.4. The summed E-state index contributed by atoms with van der Waals surface area (Å²) < 4.78 is 0. The van der Waals surface area contributed by atoms with Gasteiger partial charge in [0.05, 0.1) is 18.4 Å². The first-order valence-corrected chi connectivity index (χ1v) is 10.9. The SMILES string of the molecule is CCNC(=NCC(O)c1ccccc1Cl)NCCN1C(=O)C2C3C=CC(C3)C2C1=O.I. The summed E-state index contributed by atoms with van der Waals surface area (Å²) in [6, 6.07) is 7.13. The van der Waals surface area contributed by atoms with Crippen LogP contribution in [0.15, 0.2) is 41.4 Å². The number of nitrogens with zero attached hydrogens (tertiary/aromatic N) is 2. The molecule has 0 spiro atoms. The van der Waals surface area contributed by atoms with Gasteiger partial charge in [-0.2, -0.15) is 0 Å². The number of hydrogen-bond donors (Lipinski definition) is 3. The summed E-state index contributed by atoms with van der Waals surface area (Å²) in [6.07, 6.45) is 4.31. The number of amides is 2. The minimum atomic E-state index is -0.821. The second-order valence-electron chi connectivity index (χ2n) is 8.01. The van der Waals surface area contributed by atoms with Crippen molar-refractivity contribution in [3.63, 3.8) is 0 Å². The van der Waals surface area contributed by atoms with Crippen molar-refractivity contribution in [1.29, 1.82) is 0 Å². The van der Waals surface area contributed by atoms with E-state index < -0.39 is 6.10 Å². The Morgan fingerprint density at radius 2 is 1.84 bits per heavy atom. The van der Waals surface area contributed by atoms with Gasteiger partial charge in [0.15, 0.2) is 5.96 Å². The van der Waals surface area contributed by atoms with E-state index in [2.05, 4.69) is 27.8 Å². The van der Waals surface area contributed by atoms with Crippen molar-refractivity contribution in [3.05, 3.63) is 47.0 Å². The lowest BCUT2D eigenvalue weighted by Gasteiger charge is -2.19. The number of nitrogens with one attached hydrogen (secondary N) is 2. The van der Waals surface area contributed by atoms with Gasteiger partial charge in [0.2, 0.25) is 11.8 Å². The number of carbonyl (C=O) groups excluding carboxylic acids is 2. The molecule has 1 heterocycles. The molecular formula is C22H28ClIN4O3. The lowest BCUT2D eigenvalue weighted by Crippen LogP contribution is -2.43. The Morgan fingerprint density at radius 1 is 1.19 bits per heavy atom. The predicted molar refractivity (Wildman–Crippen MR) is 130 cm³/mol. The second-order valence-corrected chi connectivity index (χ2v) is 8.42. The molecule has 1 aromatic carbocycles. The molecule has 4 rings (SSSR count). The van der Waals surface area contributed by atoms with E-state index in [9.17, 15) is 14.7 Å². The monoisotopic (exact) mass is 558 g/mol. The molecule has 168 valence electrons. The number of allylic oxidation sites excluding steroid dienone is 2. The summed E-state index contributed by atoms with van der Waals surface area (Å²) >= 11 is 6.13. The summed E-state index contributed by atoms with van der Waals surface area (Å²) in [5.74, 6) is 0.545. The van der Waals surface area contributed by atoms with Gasteiger partial charge in [-0.3, -0.25) is 19.5 Å². The van der Waals surface area contributed by atoms with E-state index in [1.807, 2.05) is 19.1 Å². The van der Waals surface area contributed by atoms with Gasteiger partial charge in [-0.25, -0.2) is 0 Å². The number of aliphatic imine (C=N–C) groups is 1. The lowest BCUT2D eigenvalue weighted by atomic mass is 9.85. The Balaban J connectivity index is 0.00000272. The molecule has 1 saturated carbocycles. The van der Waals surface area contributed by atoms with E-state index in [0.29, 0.717) is 36.2 Å². The normalized spacial score (nSPS) is 27.3. The van der Waals surface area contributed by atoms with Gasteiger partial charge >= 0.3 is 0 Å². The van der Waals surface area contributed by atoms with Crippen LogP contribution in [0.2, 0.25) is 5.02 Å². The van der Waals surface area contributed by atoms with Crippen LogP contribution in [0.4, 0.5) is 0 Å². The Bertz CT molecular complexity index is 863. The van der Waals surface area contributed by atoms with Gasteiger partial charge in [0, 0.05) is 30.2 Å². The molecule has 5 atom stereocenters. The molecule has 5 unspecified atom stereocenters. The summed E-state index contributed by atoms with van der Waals surface area (Å²) in [7, 11) is 0. The first-order valence-electron chi connectivity index (χ1n) is 10.5. The van der Waals surface area contributed by atoms with Gasteiger partial charge in [-0.15, -0.1) is 24.0 Å². The van der Waals surface area contributed by atoms with Gasteiger partial charge in [0.25, 0.3) is 0 Å². The van der Waals surface area contributed by atoms with Crippen molar-refractivity contribution in [2.75, 3.05) is 26.2 Å². The first kappa shape index (κ1) is 24.0. The molecule has 1 aromatic rings. The summed E-state index contributed by atoms with van der Waals surface area (Å²) in [5.41, 5.74) is 0.627. The molecule has 3 aliphatic rings. The van der Waals surface area contributed by atoms with Crippen LogP contribution >= 0.6 is 35.6 Å². The maximum absolute atomic E-state index is 12.7. The van der Waals surface area contributed by atoms with Gasteiger partial charge < -0.3 is 15.7 Å². The number of fused-ring (bicyclic) bond motifs is 5. The average molecular weight is 559 g/mol. The quantitative estimate of drug-likeness (QED) is 0.157. The van der Waals surface area contributed by atoms with Crippen LogP contribution in [0.25, 0.3) is 0 Å². The van der Waals surface area contributed by atoms with Crippen molar-refractivity contribution in [1.82, 2.24) is 15.5 Å². The number of likely N-dealkylation sites (tertiary alicyclic amines) is 1. The molecule has 0 aromatic heterocycles. The van der Waals surface area contributed by atoms with Gasteiger partial charge in [-0.05, 0) is 31.2 Å². The van der Waals surface area contributed by atoms with Crippen LogP contribution in [-0.4, -0.2) is 54.0 Å². The molecule has 1 saturated heterocycles. The van der Waals surface area contributed by atoms with E-state index in [4.69, 9.17) is 11.6 Å². The third-order valence-corrected chi connectivity index (χ3v) is 6.56. The largest absolute Gasteiger partial charge is 0.386 e. The van der Waals surface area contributed by atoms with Crippen molar-refractivity contribution < 1.29 is 14.7 Å². The Kier molecular flexibility index (Phi) is 7.98. The topological polar surface area (TPSA) is 94.0 Å². The third kappa shape index (κ3) is 4.75. The van der Waals surface area contributed by atoms with Crippen LogP contribution in [-0.2, 0) is 9.59 Å². The summed E-state index contributed by atoms with van der Waals surface area (Å²) in [5, 5.41) is 17.1. The molecule has 2 amide bonds. The molecule has 3 N–H and O–H groups in total. The highest BCUT2D eigenvalue weighted by molar-refractivity contribution is 14.0. The number of aliphatic hydroxyl groups is 1. The molecule has 9 heteroatoms. The van der Waals surface area contributed by atoms with Crippen LogP contribution in [0.3, 0.4) is 0 Å². The minimum Gasteiger partial charge on any atom is -0.386 e. The highest BCUT2D eigenvalue weighted by Gasteiger charge is 2.58. The number of rotatable bonds is 7. The number of hydrogen-bond acceptors (Lipinski definition) is 4. The summed E-state index contributed by atoms with van der Waals surface area (Å²) in [6.45, 7) is 3.43. The standard InChI is InChI=1S/C22H27ClN4O3.HI/c1-2-24-22(26-12-17(28)15-5-3-4-6-16(15)23)25-9-10-27-20(29)18-13-7-8-14(11-13)19(18)21(27)30;/h3-8,13-14,17-19,28H,2,9-12H2,1H3,(H2,24,25,26);1H. The maximum atomic E-state index is 12.7. The second kappa shape index (κ2) is 10.3. The molecular weight excluding hydrogens is 531 g/mol. The first-order chi connectivity index (χ1) is 14.5. The lowest BCUT2D eigenvalue weighted by molar-refractivity contribution is -0.140. The fraction of sp³-hybridized carbons (Fsp3) is 0.500. The maximum Gasteiger partial charge on any atom is 0.233 e. The van der Waals surface area contributed by atoms with E-state index in [-0.39, 0.29) is 66.0 Å².